The summed E-state index contributed by atoms with van der Waals surface area (Å²) >= 11 is 9.33. The van der Waals surface area contributed by atoms with Crippen molar-refractivity contribution < 1.29 is 18.0 Å². The van der Waals surface area contributed by atoms with Crippen LogP contribution in [0.2, 0.25) is 5.02 Å². The maximum Gasteiger partial charge on any atom is 0.239 e. The van der Waals surface area contributed by atoms with Crippen LogP contribution in [-0.2, 0) is 25.2 Å². The van der Waals surface area contributed by atoms with Crippen molar-refractivity contribution in [2.75, 3.05) is 16.4 Å². The maximum atomic E-state index is 12.2. The summed E-state index contributed by atoms with van der Waals surface area (Å²) in [4.78, 5) is 23.1. The lowest BCUT2D eigenvalue weighted by atomic mass is 10.2. The molecule has 2 aromatic rings. The normalized spacial score (nSPS) is 11.0. The average molecular weight is 460 g/mol. The molecule has 0 spiro atoms. The topological polar surface area (TPSA) is 92.3 Å². The zero-order valence-electron chi connectivity index (χ0n) is 13.8. The van der Waals surface area contributed by atoms with Gasteiger partial charge in [-0.05, 0) is 35.9 Å². The van der Waals surface area contributed by atoms with Crippen molar-refractivity contribution in [2.24, 2.45) is 0 Å². The summed E-state index contributed by atoms with van der Waals surface area (Å²) in [5.41, 5.74) is 1.33. The molecule has 138 valence electrons. The van der Waals surface area contributed by atoms with Crippen LogP contribution in [0.1, 0.15) is 12.5 Å². The molecule has 26 heavy (non-hydrogen) atoms. The number of nitrogens with one attached hydrogen (secondary N) is 2. The molecule has 0 aromatic heterocycles. The van der Waals surface area contributed by atoms with Gasteiger partial charge in [-0.25, -0.2) is 8.42 Å². The Hall–Kier alpha value is -1.90. The Bertz CT molecular complexity index is 948. The molecule has 6 nitrogen and oxygen atoms in total. The third-order valence-electron chi connectivity index (χ3n) is 3.19. The number of hydrogen-bond acceptors (Lipinski definition) is 4. The van der Waals surface area contributed by atoms with E-state index in [1.165, 1.54) is 19.1 Å². The maximum absolute atomic E-state index is 12.2. The van der Waals surface area contributed by atoms with Crippen LogP contribution in [0.25, 0.3) is 0 Å². The van der Waals surface area contributed by atoms with Crippen LogP contribution in [0.3, 0.4) is 0 Å². The Balaban J connectivity index is 2.02. The third-order valence-corrected chi connectivity index (χ3v) is 5.47. The van der Waals surface area contributed by atoms with E-state index in [0.717, 1.165) is 4.47 Å². The lowest BCUT2D eigenvalue weighted by Crippen LogP contribution is -2.24. The molecule has 2 rings (SSSR count). The summed E-state index contributed by atoms with van der Waals surface area (Å²) in [5.74, 6) is -1.84. The summed E-state index contributed by atoms with van der Waals surface area (Å²) in [5, 5.41) is 5.22. The monoisotopic (exact) mass is 458 g/mol. The Labute approximate surface area is 165 Å². The molecule has 0 aliphatic heterocycles. The minimum atomic E-state index is -3.64. The predicted molar refractivity (Wildman–Crippen MR) is 106 cm³/mol. The first-order chi connectivity index (χ1) is 12.1. The number of benzene rings is 2. The highest BCUT2D eigenvalue weighted by molar-refractivity contribution is 9.10. The van der Waals surface area contributed by atoms with Gasteiger partial charge in [0.15, 0.2) is 9.84 Å². The quantitative estimate of drug-likeness (QED) is 0.690. The van der Waals surface area contributed by atoms with Crippen molar-refractivity contribution in [3.05, 3.63) is 57.5 Å². The Morgan fingerprint density at radius 2 is 1.85 bits per heavy atom. The Morgan fingerprint density at radius 3 is 2.46 bits per heavy atom. The Morgan fingerprint density at radius 1 is 1.12 bits per heavy atom. The van der Waals surface area contributed by atoms with E-state index in [9.17, 15) is 18.0 Å². The molecule has 0 atom stereocenters. The second-order valence-corrected chi connectivity index (χ2v) is 8.97. The zero-order valence-corrected chi connectivity index (χ0v) is 16.9. The van der Waals surface area contributed by atoms with E-state index >= 15 is 0 Å². The fourth-order valence-corrected chi connectivity index (χ4v) is 4.15. The van der Waals surface area contributed by atoms with Crippen molar-refractivity contribution in [2.45, 2.75) is 12.7 Å². The molecule has 0 saturated carbocycles. The second kappa shape index (κ2) is 8.66. The zero-order chi connectivity index (χ0) is 19.3. The molecule has 0 aliphatic rings. The highest BCUT2D eigenvalue weighted by Crippen LogP contribution is 2.25. The van der Waals surface area contributed by atoms with Crippen LogP contribution in [0.5, 0.6) is 0 Å². The lowest BCUT2D eigenvalue weighted by molar-refractivity contribution is -0.114. The van der Waals surface area contributed by atoms with Crippen LogP contribution >= 0.6 is 27.5 Å². The highest BCUT2D eigenvalue weighted by atomic mass is 79.9. The molecule has 2 aromatic carbocycles. The van der Waals surface area contributed by atoms with Gasteiger partial charge in [-0.15, -0.1) is 0 Å². The Kier molecular flexibility index (Phi) is 6.80. The molecule has 0 unspecified atom stereocenters. The first kappa shape index (κ1) is 20.4. The summed E-state index contributed by atoms with van der Waals surface area (Å²) in [6.07, 6.45) is 0. The fourth-order valence-electron chi connectivity index (χ4n) is 2.22. The minimum absolute atomic E-state index is 0.189. The van der Waals surface area contributed by atoms with E-state index in [1.807, 2.05) is 0 Å². The minimum Gasteiger partial charge on any atom is -0.326 e. The van der Waals surface area contributed by atoms with Gasteiger partial charge in [0.25, 0.3) is 0 Å². The second-order valence-electron chi connectivity index (χ2n) is 5.59. The van der Waals surface area contributed by atoms with Gasteiger partial charge in [-0.1, -0.05) is 39.7 Å². The predicted octanol–water partition coefficient (Wildman–Crippen LogP) is 3.61. The van der Waals surface area contributed by atoms with Gasteiger partial charge in [0.1, 0.15) is 5.75 Å². The number of anilines is 2. The van der Waals surface area contributed by atoms with E-state index in [2.05, 4.69) is 26.6 Å². The van der Waals surface area contributed by atoms with Crippen molar-refractivity contribution in [3.63, 3.8) is 0 Å². The number of rotatable bonds is 6. The number of sulfone groups is 1. The summed E-state index contributed by atoms with van der Waals surface area (Å²) in [6, 6.07) is 11.4. The molecule has 0 fully saturated rings. The first-order valence-corrected chi connectivity index (χ1v) is 10.5. The fraction of sp³-hybridized carbons (Fsp3) is 0.176. The van der Waals surface area contributed by atoms with Crippen LogP contribution < -0.4 is 10.6 Å². The van der Waals surface area contributed by atoms with Gasteiger partial charge in [0.2, 0.25) is 11.8 Å². The number of carbonyl (C=O) groups is 2. The van der Waals surface area contributed by atoms with E-state index < -0.39 is 21.5 Å². The van der Waals surface area contributed by atoms with Gasteiger partial charge in [-0.2, -0.15) is 0 Å². The van der Waals surface area contributed by atoms with Gasteiger partial charge in [0, 0.05) is 17.1 Å². The molecule has 0 saturated heterocycles. The molecule has 2 N–H and O–H groups in total. The largest absolute Gasteiger partial charge is 0.326 e. The van der Waals surface area contributed by atoms with Gasteiger partial charge in [0.05, 0.1) is 16.5 Å². The molecular formula is C17H16BrClN2O4S. The standard InChI is InChI=1S/C17H16BrClN2O4S/c1-11(22)20-14-5-6-16(15(19)8-14)21-17(23)10-26(24,25)9-12-3-2-4-13(18)7-12/h2-8H,9-10H2,1H3,(H,20,22)(H,21,23). The molecule has 0 aliphatic carbocycles. The van der Waals surface area contributed by atoms with Crippen molar-refractivity contribution >= 4 is 60.6 Å². The number of halogens is 2. The summed E-state index contributed by atoms with van der Waals surface area (Å²) < 4.78 is 25.2. The molecular weight excluding hydrogens is 444 g/mol. The average Bonchev–Trinajstić information content (AvgIpc) is 2.48. The molecule has 0 heterocycles. The molecule has 9 heteroatoms. The van der Waals surface area contributed by atoms with Crippen LogP contribution in [0.4, 0.5) is 11.4 Å². The van der Waals surface area contributed by atoms with Crippen LogP contribution in [-0.4, -0.2) is 26.0 Å². The summed E-state index contributed by atoms with van der Waals surface area (Å²) in [7, 11) is -3.64. The van der Waals surface area contributed by atoms with Gasteiger partial charge >= 0.3 is 0 Å². The van der Waals surface area contributed by atoms with Crippen LogP contribution in [0.15, 0.2) is 46.9 Å². The number of carbonyl (C=O) groups excluding carboxylic acids is 2. The van der Waals surface area contributed by atoms with E-state index in [1.54, 1.807) is 30.3 Å². The third kappa shape index (κ3) is 6.44. The summed E-state index contributed by atoms with van der Waals surface area (Å²) in [6.45, 7) is 1.36. The smallest absolute Gasteiger partial charge is 0.239 e. The SMILES string of the molecule is CC(=O)Nc1ccc(NC(=O)CS(=O)(=O)Cc2cccc(Br)c2)c(Cl)c1. The van der Waals surface area contributed by atoms with Crippen LogP contribution in [0, 0.1) is 0 Å². The van der Waals surface area contributed by atoms with Crippen molar-refractivity contribution in [1.29, 1.82) is 0 Å². The highest BCUT2D eigenvalue weighted by Gasteiger charge is 2.18. The number of amides is 2. The van der Waals surface area contributed by atoms with E-state index in [-0.39, 0.29) is 22.4 Å². The lowest BCUT2D eigenvalue weighted by Gasteiger charge is -2.10. The van der Waals surface area contributed by atoms with Gasteiger partial charge in [-0.3, -0.25) is 9.59 Å². The molecule has 2 amide bonds. The van der Waals surface area contributed by atoms with E-state index in [0.29, 0.717) is 11.3 Å². The van der Waals surface area contributed by atoms with E-state index in [4.69, 9.17) is 11.6 Å². The number of hydrogen-bond donors (Lipinski definition) is 2. The van der Waals surface area contributed by atoms with Gasteiger partial charge < -0.3 is 10.6 Å². The van der Waals surface area contributed by atoms with Crippen molar-refractivity contribution in [1.82, 2.24) is 0 Å². The molecule has 0 bridgehead atoms. The molecule has 0 radical (unpaired) electrons. The van der Waals surface area contributed by atoms with Crippen molar-refractivity contribution in [3.8, 4) is 0 Å². The first-order valence-electron chi connectivity index (χ1n) is 7.46.